The second-order valence-electron chi connectivity index (χ2n) is 19.5. The molecule has 0 heterocycles. The average Bonchev–Trinajstić information content (AvgIpc) is 3.92. The van der Waals surface area contributed by atoms with Gasteiger partial charge in [-0.05, 0) is 102 Å². The fourth-order valence-corrected chi connectivity index (χ4v) is 19.7. The molecule has 376 valence electrons. The molecule has 8 rings (SSSR count). The van der Waals surface area contributed by atoms with E-state index < -0.39 is 38.9 Å². The fourth-order valence-electron chi connectivity index (χ4n) is 11.7. The van der Waals surface area contributed by atoms with Crippen LogP contribution < -0.4 is 5.32 Å². The monoisotopic (exact) mass is 1150 g/mol. The summed E-state index contributed by atoms with van der Waals surface area (Å²) in [6.07, 6.45) is 18.4. The quantitative estimate of drug-likeness (QED) is 0.0873. The van der Waals surface area contributed by atoms with Gasteiger partial charge in [0.2, 0.25) is 0 Å². The number of nitrogens with zero attached hydrogens (tertiary/aromatic N) is 2. The largest absolute Gasteiger partial charge is 0 e. The van der Waals surface area contributed by atoms with Crippen LogP contribution in [0.25, 0.3) is 10.6 Å². The second kappa shape index (κ2) is 35.9. The topological polar surface area (TPSA) is 49.5 Å². The van der Waals surface area contributed by atoms with E-state index in [0.717, 1.165) is 83.4 Å². The third-order valence-corrected chi connectivity index (χ3v) is 22.0. The molecule has 0 spiro atoms. The van der Waals surface area contributed by atoms with Gasteiger partial charge in [0.05, 0.1) is 0 Å². The van der Waals surface area contributed by atoms with E-state index in [2.05, 4.69) is 98.1 Å². The Bertz CT molecular complexity index is 1750. The Balaban J connectivity index is 0.000000491. The molecule has 0 radical (unpaired) electrons. The normalized spacial score (nSPS) is 21.5. The Morgan fingerprint density at radius 3 is 1.19 bits per heavy atom. The van der Waals surface area contributed by atoms with Crippen molar-refractivity contribution in [1.29, 1.82) is 0 Å². The first-order chi connectivity index (χ1) is 31.3. The maximum Gasteiger partial charge on any atom is 0 e. The van der Waals surface area contributed by atoms with Crippen molar-refractivity contribution in [3.05, 3.63) is 169 Å². The molecule has 0 aliphatic heterocycles. The van der Waals surface area contributed by atoms with E-state index in [1.54, 1.807) is 38.5 Å². The third-order valence-electron chi connectivity index (χ3n) is 14.5. The van der Waals surface area contributed by atoms with Gasteiger partial charge in [-0.2, -0.15) is 49.2 Å². The van der Waals surface area contributed by atoms with Crippen molar-refractivity contribution in [2.75, 3.05) is 26.2 Å². The minimum absolute atomic E-state index is 0. The molecular formula is C58H89Cl2N3OSi2Zr2-4. The van der Waals surface area contributed by atoms with Crippen LogP contribution in [0.15, 0.2) is 84.9 Å². The number of hydrogen-bond donors (Lipinski definition) is 1. The summed E-state index contributed by atoms with van der Waals surface area (Å²) >= 11 is -0.826. The molecule has 4 saturated carbocycles. The molecule has 0 bridgehead atoms. The zero-order valence-corrected chi connectivity index (χ0v) is 52.7. The van der Waals surface area contributed by atoms with Crippen LogP contribution in [0.5, 0.6) is 0 Å². The van der Waals surface area contributed by atoms with E-state index in [4.69, 9.17) is 31.8 Å². The SMILES string of the molecule is C[SiH](O[SiH](C)C1CCC2CCCCC21)C1CCC2CCCCC21.Cc1cc(C)c([N-]CCNCC[N-]c2c(C)cc(C)cc2C)c(C)c1.[CH2-]c1ccccc1.[CH2-]c1ccccc1.[CH3-].[CH3-].[Cl][Zr+2][Cl].[Zr]. The van der Waals surface area contributed by atoms with Crippen LogP contribution in [0.4, 0.5) is 11.4 Å². The van der Waals surface area contributed by atoms with Crippen LogP contribution in [0.1, 0.15) is 122 Å². The molecule has 4 fully saturated rings. The van der Waals surface area contributed by atoms with Gasteiger partial charge in [-0.15, -0.1) is 48.7 Å². The van der Waals surface area contributed by atoms with Crippen LogP contribution in [-0.4, -0.2) is 44.3 Å². The van der Waals surface area contributed by atoms with Crippen LogP contribution in [0.3, 0.4) is 0 Å². The summed E-state index contributed by atoms with van der Waals surface area (Å²) in [4.78, 5) is 0. The van der Waals surface area contributed by atoms with Gasteiger partial charge >= 0.3 is 37.9 Å². The van der Waals surface area contributed by atoms with E-state index in [1.165, 1.54) is 71.9 Å². The fraction of sp³-hybridized carbons (Fsp3) is 0.517. The number of benzene rings is 4. The van der Waals surface area contributed by atoms with E-state index in [1.807, 2.05) is 60.7 Å². The number of hydrogen-bond acceptors (Lipinski definition) is 2. The van der Waals surface area contributed by atoms with Gasteiger partial charge in [0.1, 0.15) is 0 Å². The summed E-state index contributed by atoms with van der Waals surface area (Å²) in [6, 6.07) is 28.5. The molecule has 4 aromatic carbocycles. The van der Waals surface area contributed by atoms with E-state index in [-0.39, 0.29) is 41.1 Å². The van der Waals surface area contributed by atoms with Gasteiger partial charge in [0.15, 0.2) is 18.1 Å². The van der Waals surface area contributed by atoms with Crippen LogP contribution in [0.2, 0.25) is 24.2 Å². The molecule has 1 N–H and O–H groups in total. The smallest absolute Gasteiger partial charge is 0 e. The van der Waals surface area contributed by atoms with Crippen molar-refractivity contribution < 1.29 is 51.2 Å². The number of halogens is 2. The Hall–Kier alpha value is -1.08. The van der Waals surface area contributed by atoms with Gasteiger partial charge in [0.25, 0.3) is 0 Å². The predicted molar refractivity (Wildman–Crippen MR) is 300 cm³/mol. The van der Waals surface area contributed by atoms with Gasteiger partial charge < -0.3 is 34.9 Å². The second-order valence-corrected chi connectivity index (χ2v) is 28.8. The van der Waals surface area contributed by atoms with Crippen molar-refractivity contribution >= 4 is 46.5 Å². The molecule has 4 nitrogen and oxygen atoms in total. The number of rotatable bonds is 12. The Morgan fingerprint density at radius 2 is 0.882 bits per heavy atom. The van der Waals surface area contributed by atoms with Crippen LogP contribution in [-0.2, 0) is 51.2 Å². The first-order valence-electron chi connectivity index (χ1n) is 24.9. The molecule has 8 atom stereocenters. The molecule has 4 aliphatic rings. The average molecular weight is 1150 g/mol. The van der Waals surface area contributed by atoms with Crippen molar-refractivity contribution in [2.45, 2.75) is 143 Å². The molecular weight excluding hydrogens is 1060 g/mol. The molecule has 10 heteroatoms. The minimum atomic E-state index is -0.951. The summed E-state index contributed by atoms with van der Waals surface area (Å²) in [5.74, 6) is 4.35. The summed E-state index contributed by atoms with van der Waals surface area (Å²) in [6.45, 7) is 28.8. The first-order valence-corrected chi connectivity index (χ1v) is 35.8. The van der Waals surface area contributed by atoms with Crippen molar-refractivity contribution in [3.63, 3.8) is 0 Å². The van der Waals surface area contributed by atoms with Gasteiger partial charge in [-0.3, -0.25) is 0 Å². The van der Waals surface area contributed by atoms with E-state index >= 15 is 0 Å². The summed E-state index contributed by atoms with van der Waals surface area (Å²) < 4.78 is 6.99. The maximum absolute atomic E-state index is 6.99. The Labute approximate surface area is 460 Å². The zero-order valence-electron chi connectivity index (χ0n) is 44.0. The maximum atomic E-state index is 6.99. The number of nitrogens with one attached hydrogen (secondary N) is 1. The van der Waals surface area contributed by atoms with E-state index in [9.17, 15) is 0 Å². The van der Waals surface area contributed by atoms with Crippen molar-refractivity contribution in [1.82, 2.24) is 5.32 Å². The van der Waals surface area contributed by atoms with Crippen molar-refractivity contribution in [3.8, 4) is 0 Å². The van der Waals surface area contributed by atoms with E-state index in [0.29, 0.717) is 0 Å². The van der Waals surface area contributed by atoms with Gasteiger partial charge in [-0.1, -0.05) is 147 Å². The molecule has 0 aromatic heterocycles. The van der Waals surface area contributed by atoms with Crippen LogP contribution >= 0.6 is 17.0 Å². The molecule has 0 saturated heterocycles. The molecule has 0 amide bonds. The minimum Gasteiger partial charge on any atom is 0 e. The molecule has 4 aliphatic carbocycles. The molecule has 68 heavy (non-hydrogen) atoms. The summed E-state index contributed by atoms with van der Waals surface area (Å²) in [7, 11) is 7.97. The standard InChI is InChI=1S/C22H31N3.C20H38OSi2.2C7H7.2CH3.2ClH.2Zr/c1-15-11-17(3)21(18(4)12-15)24-9-7-23-8-10-25-22-19(5)13-16(2)14-20(22)6;1-22(19-13-11-15-7-3-5-9-17(15)19)21-23(2)20-14-12-16-8-4-6-10-18(16)20;2*1-7-5-3-2-4-6-7;;;;;;/h11-14,23H,7-10H2,1-6H3;15-20,22-23H,3-14H2,1-2H3;2*2-6H,1H2;2*1H3;2*1H;;/q-2;;4*-1;;;;+4/p-2. The first kappa shape index (κ1) is 64.9. The Kier molecular flexibility index (Phi) is 34.3. The summed E-state index contributed by atoms with van der Waals surface area (Å²) in [5, 5.41) is 12.9. The van der Waals surface area contributed by atoms with Crippen molar-refractivity contribution in [2.24, 2.45) is 23.7 Å². The Morgan fingerprint density at radius 1 is 0.559 bits per heavy atom. The molecule has 4 aromatic rings. The number of aryl methyl sites for hydroxylation is 6. The van der Waals surface area contributed by atoms with Crippen LogP contribution in [0, 0.1) is 93.9 Å². The summed E-state index contributed by atoms with van der Waals surface area (Å²) in [5.41, 5.74) is 14.2. The van der Waals surface area contributed by atoms with Gasteiger partial charge in [-0.25, -0.2) is 0 Å². The third kappa shape index (κ3) is 22.4. The zero-order chi connectivity index (χ0) is 47.1. The predicted octanol–water partition coefficient (Wildman–Crippen LogP) is 17.5. The number of fused-ring (bicyclic) bond motifs is 2. The van der Waals surface area contributed by atoms with Gasteiger partial charge in [0, 0.05) is 26.2 Å². The molecule has 8 unspecified atom stereocenters.